The highest BCUT2D eigenvalue weighted by Gasteiger charge is 2.08. The standard InChI is InChI=1S/C11H13BrN4/c1-16-11(14-10(15-16)5-6-13)8-3-2-4-9(12)7-8/h2-4,7H,5-6,13H2,1H3. The number of aryl methyl sites for hydroxylation is 1. The number of hydrogen-bond donors (Lipinski definition) is 1. The largest absolute Gasteiger partial charge is 0.330 e. The number of hydrogen-bond acceptors (Lipinski definition) is 3. The van der Waals surface area contributed by atoms with Crippen LogP contribution >= 0.6 is 15.9 Å². The summed E-state index contributed by atoms with van der Waals surface area (Å²) in [6, 6.07) is 8.01. The van der Waals surface area contributed by atoms with Crippen LogP contribution in [0.2, 0.25) is 0 Å². The van der Waals surface area contributed by atoms with Crippen LogP contribution < -0.4 is 5.73 Å². The van der Waals surface area contributed by atoms with Gasteiger partial charge in [0.1, 0.15) is 0 Å². The second-order valence-electron chi connectivity index (χ2n) is 3.52. The first-order valence-corrected chi connectivity index (χ1v) is 5.86. The number of halogens is 1. The molecule has 1 aromatic heterocycles. The van der Waals surface area contributed by atoms with Crippen LogP contribution in [-0.2, 0) is 13.5 Å². The summed E-state index contributed by atoms with van der Waals surface area (Å²) in [6.07, 6.45) is 0.710. The highest BCUT2D eigenvalue weighted by molar-refractivity contribution is 9.10. The first-order valence-electron chi connectivity index (χ1n) is 5.06. The van der Waals surface area contributed by atoms with E-state index in [1.165, 1.54) is 0 Å². The van der Waals surface area contributed by atoms with Crippen molar-refractivity contribution in [2.24, 2.45) is 12.8 Å². The SMILES string of the molecule is Cn1nc(CCN)nc1-c1cccc(Br)c1. The van der Waals surface area contributed by atoms with Crippen LogP contribution in [0.25, 0.3) is 11.4 Å². The molecule has 4 nitrogen and oxygen atoms in total. The van der Waals surface area contributed by atoms with E-state index in [9.17, 15) is 0 Å². The molecule has 0 radical (unpaired) electrons. The second kappa shape index (κ2) is 4.76. The third kappa shape index (κ3) is 2.31. The minimum absolute atomic E-state index is 0.571. The third-order valence-corrected chi connectivity index (χ3v) is 2.75. The van der Waals surface area contributed by atoms with E-state index in [2.05, 4.69) is 26.0 Å². The average Bonchev–Trinajstić information content (AvgIpc) is 2.60. The number of nitrogens with zero attached hydrogens (tertiary/aromatic N) is 3. The third-order valence-electron chi connectivity index (χ3n) is 2.26. The van der Waals surface area contributed by atoms with Gasteiger partial charge in [-0.3, -0.25) is 0 Å². The fourth-order valence-electron chi connectivity index (χ4n) is 1.55. The molecule has 2 N–H and O–H groups in total. The Bertz CT molecular complexity index is 492. The van der Waals surface area contributed by atoms with Gasteiger partial charge in [-0.25, -0.2) is 9.67 Å². The monoisotopic (exact) mass is 280 g/mol. The molecular formula is C11H13BrN4. The van der Waals surface area contributed by atoms with Crippen LogP contribution in [0.1, 0.15) is 5.82 Å². The second-order valence-corrected chi connectivity index (χ2v) is 4.44. The summed E-state index contributed by atoms with van der Waals surface area (Å²) in [7, 11) is 1.89. The average molecular weight is 281 g/mol. The molecular weight excluding hydrogens is 268 g/mol. The summed E-state index contributed by atoms with van der Waals surface area (Å²) < 4.78 is 2.82. The van der Waals surface area contributed by atoms with Crippen molar-refractivity contribution in [2.45, 2.75) is 6.42 Å². The predicted molar refractivity (Wildman–Crippen MR) is 66.9 cm³/mol. The first-order chi connectivity index (χ1) is 7.70. The summed E-state index contributed by atoms with van der Waals surface area (Å²) >= 11 is 3.44. The Kier molecular flexibility index (Phi) is 3.36. The maximum atomic E-state index is 5.49. The van der Waals surface area contributed by atoms with Gasteiger partial charge in [0.05, 0.1) is 0 Å². The zero-order valence-electron chi connectivity index (χ0n) is 9.02. The van der Waals surface area contributed by atoms with Crippen LogP contribution in [0.15, 0.2) is 28.7 Å². The molecule has 0 bridgehead atoms. The molecule has 0 saturated heterocycles. The zero-order valence-corrected chi connectivity index (χ0v) is 10.6. The summed E-state index contributed by atoms with van der Waals surface area (Å²) in [5.74, 6) is 1.66. The van der Waals surface area contributed by atoms with E-state index in [0.29, 0.717) is 13.0 Å². The fraction of sp³-hybridized carbons (Fsp3) is 0.273. The Labute approximate surface area is 103 Å². The van der Waals surface area contributed by atoms with Crippen molar-refractivity contribution in [3.8, 4) is 11.4 Å². The van der Waals surface area contributed by atoms with Gasteiger partial charge in [-0.05, 0) is 18.7 Å². The van der Waals surface area contributed by atoms with E-state index in [-0.39, 0.29) is 0 Å². The maximum absolute atomic E-state index is 5.49. The molecule has 0 saturated carbocycles. The van der Waals surface area contributed by atoms with E-state index in [4.69, 9.17) is 5.73 Å². The van der Waals surface area contributed by atoms with Crippen molar-refractivity contribution < 1.29 is 0 Å². The van der Waals surface area contributed by atoms with Crippen LogP contribution in [-0.4, -0.2) is 21.3 Å². The van der Waals surface area contributed by atoms with Gasteiger partial charge < -0.3 is 5.73 Å². The topological polar surface area (TPSA) is 56.7 Å². The van der Waals surface area contributed by atoms with Crippen molar-refractivity contribution in [3.05, 3.63) is 34.6 Å². The minimum Gasteiger partial charge on any atom is -0.330 e. The molecule has 2 aromatic rings. The predicted octanol–water partition coefficient (Wildman–Crippen LogP) is 1.75. The number of aromatic nitrogens is 3. The number of benzene rings is 1. The lowest BCUT2D eigenvalue weighted by atomic mass is 10.2. The molecule has 1 aromatic carbocycles. The lowest BCUT2D eigenvalue weighted by molar-refractivity contribution is 0.744. The Balaban J connectivity index is 2.40. The molecule has 0 amide bonds. The van der Waals surface area contributed by atoms with Gasteiger partial charge in [-0.15, -0.1) is 0 Å². The number of nitrogens with two attached hydrogens (primary N) is 1. The summed E-state index contributed by atoms with van der Waals surface area (Å²) in [4.78, 5) is 4.46. The molecule has 0 aliphatic carbocycles. The van der Waals surface area contributed by atoms with Crippen molar-refractivity contribution in [3.63, 3.8) is 0 Å². The molecule has 0 fully saturated rings. The van der Waals surface area contributed by atoms with Crippen LogP contribution in [0.4, 0.5) is 0 Å². The normalized spacial score (nSPS) is 10.7. The van der Waals surface area contributed by atoms with E-state index in [0.717, 1.165) is 21.7 Å². The Morgan fingerprint density at radius 1 is 1.44 bits per heavy atom. The van der Waals surface area contributed by atoms with Gasteiger partial charge in [0.15, 0.2) is 11.6 Å². The lowest BCUT2D eigenvalue weighted by Crippen LogP contribution is -2.04. The molecule has 2 rings (SSSR count). The van der Waals surface area contributed by atoms with Crippen molar-refractivity contribution in [1.82, 2.24) is 14.8 Å². The van der Waals surface area contributed by atoms with Crippen molar-refractivity contribution in [1.29, 1.82) is 0 Å². The summed E-state index contributed by atoms with van der Waals surface area (Å²) in [5, 5.41) is 4.32. The first kappa shape index (κ1) is 11.3. The Morgan fingerprint density at radius 2 is 2.25 bits per heavy atom. The Hall–Kier alpha value is -1.20. The molecule has 16 heavy (non-hydrogen) atoms. The molecule has 0 unspecified atom stereocenters. The number of rotatable bonds is 3. The maximum Gasteiger partial charge on any atom is 0.158 e. The molecule has 0 spiro atoms. The summed E-state index contributed by atoms with van der Waals surface area (Å²) in [5.41, 5.74) is 6.53. The quantitative estimate of drug-likeness (QED) is 0.932. The molecule has 0 aliphatic heterocycles. The molecule has 84 valence electrons. The smallest absolute Gasteiger partial charge is 0.158 e. The summed E-state index contributed by atoms with van der Waals surface area (Å²) in [6.45, 7) is 0.571. The van der Waals surface area contributed by atoms with Gasteiger partial charge in [0.2, 0.25) is 0 Å². The van der Waals surface area contributed by atoms with Crippen LogP contribution in [0, 0.1) is 0 Å². The zero-order chi connectivity index (χ0) is 11.5. The highest BCUT2D eigenvalue weighted by atomic mass is 79.9. The van der Waals surface area contributed by atoms with Crippen LogP contribution in [0.5, 0.6) is 0 Å². The van der Waals surface area contributed by atoms with E-state index >= 15 is 0 Å². The van der Waals surface area contributed by atoms with E-state index in [1.54, 1.807) is 4.68 Å². The van der Waals surface area contributed by atoms with Gasteiger partial charge in [0.25, 0.3) is 0 Å². The minimum atomic E-state index is 0.571. The molecule has 5 heteroatoms. The highest BCUT2D eigenvalue weighted by Crippen LogP contribution is 2.20. The molecule has 0 aliphatic rings. The Morgan fingerprint density at radius 3 is 2.94 bits per heavy atom. The van der Waals surface area contributed by atoms with Gasteiger partial charge in [0, 0.05) is 23.5 Å². The molecule has 1 heterocycles. The van der Waals surface area contributed by atoms with E-state index in [1.807, 2.05) is 31.3 Å². The van der Waals surface area contributed by atoms with Gasteiger partial charge in [-0.2, -0.15) is 5.10 Å². The van der Waals surface area contributed by atoms with Crippen molar-refractivity contribution >= 4 is 15.9 Å². The van der Waals surface area contributed by atoms with E-state index < -0.39 is 0 Å². The van der Waals surface area contributed by atoms with Crippen LogP contribution in [0.3, 0.4) is 0 Å². The molecule has 0 atom stereocenters. The fourth-order valence-corrected chi connectivity index (χ4v) is 1.95. The van der Waals surface area contributed by atoms with Crippen molar-refractivity contribution in [2.75, 3.05) is 6.54 Å². The lowest BCUT2D eigenvalue weighted by Gasteiger charge is -1.99. The van der Waals surface area contributed by atoms with Gasteiger partial charge in [-0.1, -0.05) is 28.1 Å². The van der Waals surface area contributed by atoms with Gasteiger partial charge >= 0.3 is 0 Å².